The highest BCUT2D eigenvalue weighted by Crippen LogP contribution is 2.32. The Hall–Kier alpha value is -3.64. The van der Waals surface area contributed by atoms with Gasteiger partial charge in [0.1, 0.15) is 11.4 Å². The van der Waals surface area contributed by atoms with Crippen LogP contribution in [0.2, 0.25) is 0 Å². The molecule has 1 fully saturated rings. The van der Waals surface area contributed by atoms with Crippen molar-refractivity contribution in [1.29, 1.82) is 0 Å². The summed E-state index contributed by atoms with van der Waals surface area (Å²) in [6, 6.07) is 7.95. The highest BCUT2D eigenvalue weighted by atomic mass is 32.2. The summed E-state index contributed by atoms with van der Waals surface area (Å²) in [5.41, 5.74) is 0.820. The second kappa shape index (κ2) is 9.91. The van der Waals surface area contributed by atoms with Gasteiger partial charge in [0.05, 0.1) is 17.3 Å². The van der Waals surface area contributed by atoms with Crippen molar-refractivity contribution in [2.45, 2.75) is 43.0 Å². The van der Waals surface area contributed by atoms with Gasteiger partial charge in [0.25, 0.3) is 10.0 Å². The highest BCUT2D eigenvalue weighted by Gasteiger charge is 2.40. The monoisotopic (exact) mass is 547 g/mol. The fourth-order valence-corrected chi connectivity index (χ4v) is 6.14. The maximum absolute atomic E-state index is 13.5. The number of hydrogen-bond donors (Lipinski definition) is 0. The molecule has 0 bridgehead atoms. The van der Waals surface area contributed by atoms with Gasteiger partial charge in [-0.05, 0) is 61.2 Å². The van der Waals surface area contributed by atoms with Crippen molar-refractivity contribution in [2.24, 2.45) is 0 Å². The molecule has 1 aliphatic heterocycles. The van der Waals surface area contributed by atoms with Gasteiger partial charge in [-0.2, -0.15) is 17.5 Å². The van der Waals surface area contributed by atoms with E-state index in [4.69, 9.17) is 4.42 Å². The van der Waals surface area contributed by atoms with E-state index in [1.807, 2.05) is 0 Å². The summed E-state index contributed by atoms with van der Waals surface area (Å²) >= 11 is 0. The van der Waals surface area contributed by atoms with Crippen molar-refractivity contribution >= 4 is 26.8 Å². The number of halogens is 4. The number of Topliss-reactive ketones (excluding diaryl/α,β-unsaturated/α-hetero) is 1. The fraction of sp³-hybridized carbons (Fsp3) is 0.269. The third-order valence-corrected chi connectivity index (χ3v) is 8.20. The average Bonchev–Trinajstić information content (AvgIpc) is 3.55. The molecule has 0 spiro atoms. The number of sulfonamides is 1. The average molecular weight is 548 g/mol. The molecule has 3 aromatic heterocycles. The van der Waals surface area contributed by atoms with E-state index in [0.717, 1.165) is 16.6 Å². The lowest BCUT2D eigenvalue weighted by atomic mass is 10.0. The number of alkyl halides is 3. The normalized spacial score (nSPS) is 16.8. The van der Waals surface area contributed by atoms with Gasteiger partial charge in [0, 0.05) is 48.6 Å². The van der Waals surface area contributed by atoms with Crippen LogP contribution in [0.15, 0.2) is 70.6 Å². The van der Waals surface area contributed by atoms with Crippen LogP contribution < -0.4 is 0 Å². The molecule has 7 nitrogen and oxygen atoms in total. The number of hydrogen-bond acceptors (Lipinski definition) is 6. The van der Waals surface area contributed by atoms with Gasteiger partial charge in [-0.25, -0.2) is 12.8 Å². The summed E-state index contributed by atoms with van der Waals surface area (Å²) < 4.78 is 85.1. The van der Waals surface area contributed by atoms with Gasteiger partial charge >= 0.3 is 6.18 Å². The van der Waals surface area contributed by atoms with Gasteiger partial charge in [-0.3, -0.25) is 14.8 Å². The zero-order chi connectivity index (χ0) is 27.1. The Morgan fingerprint density at radius 1 is 1.08 bits per heavy atom. The van der Waals surface area contributed by atoms with Crippen molar-refractivity contribution in [2.75, 3.05) is 6.54 Å². The number of pyridine rings is 2. The summed E-state index contributed by atoms with van der Waals surface area (Å²) in [6.07, 6.45) is 0.419. The molecule has 0 N–H and O–H groups in total. The topological polar surface area (TPSA) is 93.4 Å². The zero-order valence-corrected chi connectivity index (χ0v) is 20.6. The second-order valence-corrected chi connectivity index (χ2v) is 10.8. The lowest BCUT2D eigenvalue weighted by molar-refractivity contribution is -0.137. The molecule has 12 heteroatoms. The minimum absolute atomic E-state index is 0.0353. The lowest BCUT2D eigenvalue weighted by Crippen LogP contribution is -2.40. The van der Waals surface area contributed by atoms with Crippen LogP contribution in [0, 0.1) is 5.82 Å². The molecule has 198 valence electrons. The van der Waals surface area contributed by atoms with Crippen LogP contribution in [-0.2, 0) is 27.4 Å². The Morgan fingerprint density at radius 3 is 2.63 bits per heavy atom. The molecule has 1 atom stereocenters. The minimum Gasteiger partial charge on any atom is -0.443 e. The predicted molar refractivity (Wildman–Crippen MR) is 129 cm³/mol. The first-order chi connectivity index (χ1) is 18.0. The Labute approximate surface area is 215 Å². The number of ketones is 1. The van der Waals surface area contributed by atoms with Crippen LogP contribution in [0.3, 0.4) is 0 Å². The Bertz CT molecular complexity index is 1600. The number of aromatic nitrogens is 2. The SMILES string of the molecule is O=C(CCc1cncc(-c2ccc(C(F)(F)F)cn2)c1)[C@@H]1CCCN1S(=O)(=O)c1cc2cc(F)ccc2o1. The van der Waals surface area contributed by atoms with Crippen LogP contribution in [0.5, 0.6) is 0 Å². The van der Waals surface area contributed by atoms with Crippen LogP contribution >= 0.6 is 0 Å². The molecular weight excluding hydrogens is 526 g/mol. The van der Waals surface area contributed by atoms with Crippen LogP contribution in [0.25, 0.3) is 22.2 Å². The molecule has 4 heterocycles. The molecule has 4 aromatic rings. The standard InChI is InChI=1S/C26H21F4N3O4S/c27-20-5-8-24-17(11-20)12-25(37-24)38(35,36)33-9-1-2-22(33)23(34)7-3-16-10-18(14-31-13-16)21-6-4-19(15-32-21)26(28,29)30/h4-6,8,10-15,22H,1-3,7,9H2/t22-/m0/s1. The lowest BCUT2D eigenvalue weighted by Gasteiger charge is -2.21. The molecule has 0 amide bonds. The van der Waals surface area contributed by atoms with E-state index in [2.05, 4.69) is 9.97 Å². The quantitative estimate of drug-likeness (QED) is 0.288. The summed E-state index contributed by atoms with van der Waals surface area (Å²) in [5, 5.41) is -0.0423. The summed E-state index contributed by atoms with van der Waals surface area (Å²) in [7, 11) is -4.12. The first-order valence-corrected chi connectivity index (χ1v) is 13.2. The third-order valence-electron chi connectivity index (χ3n) is 6.44. The molecule has 0 unspecified atom stereocenters. The Balaban J connectivity index is 1.28. The molecule has 1 saturated heterocycles. The van der Waals surface area contributed by atoms with Crippen molar-refractivity contribution in [3.8, 4) is 11.3 Å². The number of carbonyl (C=O) groups is 1. The summed E-state index contributed by atoms with van der Waals surface area (Å²) in [4.78, 5) is 21.1. The van der Waals surface area contributed by atoms with Gasteiger partial charge in [-0.1, -0.05) is 0 Å². The molecule has 1 aliphatic rings. The minimum atomic E-state index is -4.49. The number of aryl methyl sites for hydroxylation is 1. The van der Waals surface area contributed by atoms with E-state index in [1.54, 1.807) is 6.07 Å². The maximum Gasteiger partial charge on any atom is 0.417 e. The second-order valence-electron chi connectivity index (χ2n) is 9.00. The first-order valence-electron chi connectivity index (χ1n) is 11.7. The number of benzene rings is 1. The summed E-state index contributed by atoms with van der Waals surface area (Å²) in [6.45, 7) is 0.154. The number of nitrogens with zero attached hydrogens (tertiary/aromatic N) is 3. The molecule has 5 rings (SSSR count). The fourth-order valence-electron chi connectivity index (χ4n) is 4.51. The third kappa shape index (κ3) is 5.18. The molecular formula is C26H21F4N3O4S. The molecule has 38 heavy (non-hydrogen) atoms. The predicted octanol–water partition coefficient (Wildman–Crippen LogP) is 5.40. The maximum atomic E-state index is 13.5. The van der Waals surface area contributed by atoms with E-state index in [1.165, 1.54) is 42.7 Å². The van der Waals surface area contributed by atoms with E-state index < -0.39 is 33.6 Å². The van der Waals surface area contributed by atoms with Crippen LogP contribution in [-0.4, -0.2) is 41.1 Å². The molecule has 1 aromatic carbocycles. The Kier molecular flexibility index (Phi) is 6.78. The van der Waals surface area contributed by atoms with E-state index in [0.29, 0.717) is 35.0 Å². The van der Waals surface area contributed by atoms with E-state index >= 15 is 0 Å². The van der Waals surface area contributed by atoms with Crippen LogP contribution in [0.1, 0.15) is 30.4 Å². The van der Waals surface area contributed by atoms with Crippen molar-refractivity contribution in [3.63, 3.8) is 0 Å². The number of carbonyl (C=O) groups excluding carboxylic acids is 1. The summed E-state index contributed by atoms with van der Waals surface area (Å²) in [5.74, 6) is -0.796. The highest BCUT2D eigenvalue weighted by molar-refractivity contribution is 7.89. The van der Waals surface area contributed by atoms with Gasteiger partial charge in [-0.15, -0.1) is 0 Å². The number of rotatable bonds is 7. The van der Waals surface area contributed by atoms with Crippen molar-refractivity contribution < 1.29 is 35.2 Å². The number of furan rings is 1. The first kappa shape index (κ1) is 26.0. The van der Waals surface area contributed by atoms with Crippen molar-refractivity contribution in [1.82, 2.24) is 14.3 Å². The largest absolute Gasteiger partial charge is 0.443 e. The van der Waals surface area contributed by atoms with Gasteiger partial charge in [0.15, 0.2) is 5.78 Å². The van der Waals surface area contributed by atoms with Gasteiger partial charge in [0.2, 0.25) is 5.09 Å². The zero-order valence-electron chi connectivity index (χ0n) is 19.8. The van der Waals surface area contributed by atoms with E-state index in [9.17, 15) is 30.8 Å². The van der Waals surface area contributed by atoms with Crippen LogP contribution in [0.4, 0.5) is 17.6 Å². The smallest absolute Gasteiger partial charge is 0.417 e. The van der Waals surface area contributed by atoms with E-state index in [-0.39, 0.29) is 35.8 Å². The Morgan fingerprint density at radius 2 is 1.89 bits per heavy atom. The number of fused-ring (bicyclic) bond motifs is 1. The molecule has 0 aliphatic carbocycles. The molecule has 0 saturated carbocycles. The van der Waals surface area contributed by atoms with Gasteiger partial charge < -0.3 is 4.42 Å². The van der Waals surface area contributed by atoms with Crippen molar-refractivity contribution in [3.05, 3.63) is 78.0 Å². The molecule has 0 radical (unpaired) electrons.